The van der Waals surface area contributed by atoms with Gasteiger partial charge >= 0.3 is 17.9 Å². The number of carbonyl (C=O) groups excluding carboxylic acids is 4. The Morgan fingerprint density at radius 1 is 0.659 bits per heavy atom. The zero-order valence-corrected chi connectivity index (χ0v) is 26.4. The Kier molecular flexibility index (Phi) is 15.1. The second kappa shape index (κ2) is 16.9. The highest BCUT2D eigenvalue weighted by atomic mass is 16.6. The maximum absolute atomic E-state index is 13.3. The quantitative estimate of drug-likeness (QED) is 0.351. The molecular weight excluding hydrogens is 532 g/mol. The van der Waals surface area contributed by atoms with Gasteiger partial charge in [0.15, 0.2) is 0 Å². The largest absolute Gasteiger partial charge is 0.481 e. The molecule has 1 fully saturated rings. The summed E-state index contributed by atoms with van der Waals surface area (Å²) in [6, 6.07) is -0.815. The highest BCUT2D eigenvalue weighted by molar-refractivity contribution is 5.78. The van der Waals surface area contributed by atoms with Crippen molar-refractivity contribution in [1.82, 2.24) is 19.6 Å². The molecule has 0 radical (unpaired) electrons. The number of ketones is 2. The molecule has 1 aliphatic rings. The number of carbonyl (C=O) groups is 5. The highest BCUT2D eigenvalue weighted by Crippen LogP contribution is 2.17. The van der Waals surface area contributed by atoms with E-state index in [1.54, 1.807) is 41.5 Å². The minimum Gasteiger partial charge on any atom is -0.481 e. The first-order valence-corrected chi connectivity index (χ1v) is 14.4. The number of hydrogen-bond acceptors (Lipinski definition) is 11. The Morgan fingerprint density at radius 3 is 1.41 bits per heavy atom. The normalized spacial score (nSPS) is 18.5. The first kappa shape index (κ1) is 36.6. The SMILES string of the molecule is CC(=O)CN1CCN(CC(C)=O)CCN([C@H](CCC(=O)O)C(=O)OC(C)(C)C)CCN(CC(=O)OC(C)(C)C)CC1. The minimum atomic E-state index is -1.01. The van der Waals surface area contributed by atoms with Gasteiger partial charge in [0.1, 0.15) is 28.8 Å². The van der Waals surface area contributed by atoms with Crippen molar-refractivity contribution in [3.8, 4) is 0 Å². The lowest BCUT2D eigenvalue weighted by molar-refractivity contribution is -0.163. The third kappa shape index (κ3) is 17.2. The van der Waals surface area contributed by atoms with Gasteiger partial charge in [-0.15, -0.1) is 0 Å². The number of carboxylic acid groups (broad SMARTS) is 1. The summed E-state index contributed by atoms with van der Waals surface area (Å²) < 4.78 is 11.2. The number of nitrogens with zero attached hydrogens (tertiary/aromatic N) is 4. The fourth-order valence-electron chi connectivity index (χ4n) is 4.60. The fraction of sp³-hybridized carbons (Fsp3) is 0.828. The van der Waals surface area contributed by atoms with Crippen LogP contribution in [0.3, 0.4) is 0 Å². The first-order chi connectivity index (χ1) is 18.8. The van der Waals surface area contributed by atoms with Crippen molar-refractivity contribution < 1.29 is 38.6 Å². The van der Waals surface area contributed by atoms with E-state index in [0.29, 0.717) is 52.4 Å². The summed E-state index contributed by atoms with van der Waals surface area (Å²) in [6.45, 7) is 17.9. The molecule has 0 bridgehead atoms. The molecule has 1 saturated heterocycles. The van der Waals surface area contributed by atoms with Gasteiger partial charge in [-0.05, 0) is 61.8 Å². The Bertz CT molecular complexity index is 896. The van der Waals surface area contributed by atoms with E-state index < -0.39 is 29.2 Å². The van der Waals surface area contributed by atoms with Gasteiger partial charge in [0.05, 0.1) is 19.6 Å². The van der Waals surface area contributed by atoms with Crippen molar-refractivity contribution in [2.45, 2.75) is 85.5 Å². The van der Waals surface area contributed by atoms with E-state index in [2.05, 4.69) is 0 Å². The molecule has 0 aliphatic carbocycles. The van der Waals surface area contributed by atoms with E-state index >= 15 is 0 Å². The van der Waals surface area contributed by atoms with Crippen LogP contribution in [0.15, 0.2) is 0 Å². The number of aliphatic carboxylic acids is 1. The Hall–Kier alpha value is -2.41. The Labute approximate surface area is 245 Å². The molecule has 0 amide bonds. The average molecular weight is 585 g/mol. The van der Waals surface area contributed by atoms with Crippen LogP contribution in [0.4, 0.5) is 0 Å². The van der Waals surface area contributed by atoms with Crippen molar-refractivity contribution >= 4 is 29.5 Å². The second-order valence-electron chi connectivity index (χ2n) is 12.8. The van der Waals surface area contributed by atoms with E-state index in [1.165, 1.54) is 13.8 Å². The molecule has 1 heterocycles. The zero-order valence-electron chi connectivity index (χ0n) is 26.4. The van der Waals surface area contributed by atoms with E-state index in [1.807, 2.05) is 19.6 Å². The monoisotopic (exact) mass is 584 g/mol. The Morgan fingerprint density at radius 2 is 1.05 bits per heavy atom. The molecule has 0 aromatic carbocycles. The maximum Gasteiger partial charge on any atom is 0.323 e. The van der Waals surface area contributed by atoms with E-state index in [0.717, 1.165) is 0 Å². The third-order valence-electron chi connectivity index (χ3n) is 6.29. The molecule has 0 unspecified atom stereocenters. The summed E-state index contributed by atoms with van der Waals surface area (Å²) in [5.41, 5.74) is -1.40. The molecule has 236 valence electrons. The lowest BCUT2D eigenvalue weighted by atomic mass is 10.1. The predicted molar refractivity (Wildman–Crippen MR) is 155 cm³/mol. The summed E-state index contributed by atoms with van der Waals surface area (Å²) in [5.74, 6) is -1.87. The van der Waals surface area contributed by atoms with Crippen molar-refractivity contribution in [2.75, 3.05) is 72.0 Å². The van der Waals surface area contributed by atoms with Gasteiger partial charge in [0.2, 0.25) is 0 Å². The molecule has 12 heteroatoms. The van der Waals surface area contributed by atoms with Crippen LogP contribution in [0.2, 0.25) is 0 Å². The van der Waals surface area contributed by atoms with Crippen molar-refractivity contribution in [3.63, 3.8) is 0 Å². The lowest BCUT2D eigenvalue weighted by Crippen LogP contribution is -2.52. The molecule has 0 saturated carbocycles. The average Bonchev–Trinajstić information content (AvgIpc) is 2.77. The number of ether oxygens (including phenoxy) is 2. The van der Waals surface area contributed by atoms with Crippen LogP contribution < -0.4 is 0 Å². The van der Waals surface area contributed by atoms with E-state index in [9.17, 15) is 29.1 Å². The molecule has 1 rings (SSSR count). The van der Waals surface area contributed by atoms with Crippen LogP contribution in [0, 0.1) is 0 Å². The highest BCUT2D eigenvalue weighted by Gasteiger charge is 2.32. The van der Waals surface area contributed by atoms with Gasteiger partial charge in [-0.25, -0.2) is 0 Å². The fourth-order valence-corrected chi connectivity index (χ4v) is 4.60. The van der Waals surface area contributed by atoms with Gasteiger partial charge in [-0.2, -0.15) is 0 Å². The van der Waals surface area contributed by atoms with Gasteiger partial charge in [-0.3, -0.25) is 43.6 Å². The molecule has 0 aromatic heterocycles. The summed E-state index contributed by atoms with van der Waals surface area (Å²) in [6.07, 6.45) is -0.144. The number of Topliss-reactive ketones (excluding diaryl/α,β-unsaturated/α-hetero) is 2. The molecule has 1 N–H and O–H groups in total. The molecule has 41 heavy (non-hydrogen) atoms. The molecule has 0 spiro atoms. The molecule has 1 aliphatic heterocycles. The second-order valence-corrected chi connectivity index (χ2v) is 12.8. The van der Waals surface area contributed by atoms with E-state index in [4.69, 9.17) is 9.47 Å². The number of carboxylic acids is 1. The van der Waals surface area contributed by atoms with Gasteiger partial charge < -0.3 is 14.6 Å². The van der Waals surface area contributed by atoms with Crippen LogP contribution in [-0.2, 0) is 33.4 Å². The molecule has 12 nitrogen and oxygen atoms in total. The van der Waals surface area contributed by atoms with Crippen molar-refractivity contribution in [3.05, 3.63) is 0 Å². The number of rotatable bonds is 11. The number of esters is 2. The van der Waals surface area contributed by atoms with Crippen LogP contribution in [0.5, 0.6) is 0 Å². The molecule has 1 atom stereocenters. The Balaban J connectivity index is 3.34. The smallest absolute Gasteiger partial charge is 0.323 e. The van der Waals surface area contributed by atoms with Crippen LogP contribution in [-0.4, -0.2) is 143 Å². The van der Waals surface area contributed by atoms with Gasteiger partial charge in [-0.1, -0.05) is 0 Å². The lowest BCUT2D eigenvalue weighted by Gasteiger charge is -2.37. The van der Waals surface area contributed by atoms with Gasteiger partial charge in [0.25, 0.3) is 0 Å². The van der Waals surface area contributed by atoms with Gasteiger partial charge in [0, 0.05) is 58.8 Å². The van der Waals surface area contributed by atoms with Crippen molar-refractivity contribution in [2.24, 2.45) is 0 Å². The van der Waals surface area contributed by atoms with Crippen LogP contribution in [0.25, 0.3) is 0 Å². The summed E-state index contributed by atoms with van der Waals surface area (Å²) in [5, 5.41) is 9.38. The molecular formula is C29H52N4O8. The third-order valence-corrected chi connectivity index (χ3v) is 6.29. The van der Waals surface area contributed by atoms with Crippen LogP contribution >= 0.6 is 0 Å². The van der Waals surface area contributed by atoms with Crippen LogP contribution in [0.1, 0.15) is 68.2 Å². The predicted octanol–water partition coefficient (Wildman–Crippen LogP) is 1.30. The van der Waals surface area contributed by atoms with Crippen molar-refractivity contribution in [1.29, 1.82) is 0 Å². The topological polar surface area (TPSA) is 137 Å². The summed E-state index contributed by atoms with van der Waals surface area (Å²) in [4.78, 5) is 69.4. The number of hydrogen-bond donors (Lipinski definition) is 1. The minimum absolute atomic E-state index is 0.000123. The van der Waals surface area contributed by atoms with E-state index in [-0.39, 0.29) is 50.0 Å². The maximum atomic E-state index is 13.3. The standard InChI is InChI=1S/C29H52N4O8/c1-22(34)19-30-11-12-31(20-23(2)35)15-17-33(24(9-10-25(36)37)27(39)41-29(6,7)8)18-16-32(14-13-30)21-26(38)40-28(3,4)5/h24H,9-21H2,1-8H3,(H,36,37)/t24-/m1/s1. The summed E-state index contributed by atoms with van der Waals surface area (Å²) in [7, 11) is 0. The zero-order chi connectivity index (χ0) is 31.4. The molecule has 0 aromatic rings. The first-order valence-electron chi connectivity index (χ1n) is 14.4. The summed E-state index contributed by atoms with van der Waals surface area (Å²) >= 11 is 0.